The molecule has 124 valence electrons. The SMILES string of the molecule is CN=c1scc(-c2ccc(OC)cc2)n1N=Cc1ccc(C#N)cc1. The predicted molar refractivity (Wildman–Crippen MR) is 99.9 cm³/mol. The van der Waals surface area contributed by atoms with Crippen molar-refractivity contribution in [3.63, 3.8) is 0 Å². The number of rotatable bonds is 4. The highest BCUT2D eigenvalue weighted by molar-refractivity contribution is 7.07. The van der Waals surface area contributed by atoms with E-state index in [-0.39, 0.29) is 0 Å². The van der Waals surface area contributed by atoms with Crippen LogP contribution in [0, 0.1) is 11.3 Å². The summed E-state index contributed by atoms with van der Waals surface area (Å²) in [5.74, 6) is 0.812. The van der Waals surface area contributed by atoms with Gasteiger partial charge < -0.3 is 4.74 Å². The first-order chi connectivity index (χ1) is 12.2. The van der Waals surface area contributed by atoms with Gasteiger partial charge in [-0.15, -0.1) is 11.3 Å². The van der Waals surface area contributed by atoms with Crippen LogP contribution in [0.25, 0.3) is 11.3 Å². The van der Waals surface area contributed by atoms with Crippen LogP contribution in [-0.4, -0.2) is 25.0 Å². The minimum Gasteiger partial charge on any atom is -0.497 e. The van der Waals surface area contributed by atoms with Crippen LogP contribution >= 0.6 is 11.3 Å². The summed E-state index contributed by atoms with van der Waals surface area (Å²) in [6.07, 6.45) is 1.76. The largest absolute Gasteiger partial charge is 0.497 e. The number of ether oxygens (including phenoxy) is 1. The lowest BCUT2D eigenvalue weighted by atomic mass is 10.1. The van der Waals surface area contributed by atoms with Crippen LogP contribution in [0.5, 0.6) is 5.75 Å². The van der Waals surface area contributed by atoms with Crippen molar-refractivity contribution in [3.05, 3.63) is 69.8 Å². The molecule has 0 saturated heterocycles. The van der Waals surface area contributed by atoms with Gasteiger partial charge in [-0.1, -0.05) is 12.1 Å². The second kappa shape index (κ2) is 7.60. The Morgan fingerprint density at radius 2 is 1.84 bits per heavy atom. The van der Waals surface area contributed by atoms with Gasteiger partial charge in [0.2, 0.25) is 4.80 Å². The Morgan fingerprint density at radius 1 is 1.12 bits per heavy atom. The van der Waals surface area contributed by atoms with Gasteiger partial charge in [0.25, 0.3) is 0 Å². The minimum absolute atomic E-state index is 0.628. The highest BCUT2D eigenvalue weighted by atomic mass is 32.1. The molecular weight excluding hydrogens is 332 g/mol. The van der Waals surface area contributed by atoms with Crippen LogP contribution in [0.3, 0.4) is 0 Å². The Hall–Kier alpha value is -3.17. The van der Waals surface area contributed by atoms with Crippen molar-refractivity contribution in [2.75, 3.05) is 14.2 Å². The molecule has 2 aromatic carbocycles. The maximum atomic E-state index is 8.87. The predicted octanol–water partition coefficient (Wildman–Crippen LogP) is 3.51. The lowest BCUT2D eigenvalue weighted by Gasteiger charge is -2.05. The monoisotopic (exact) mass is 348 g/mol. The third-order valence-electron chi connectivity index (χ3n) is 3.62. The van der Waals surface area contributed by atoms with E-state index in [2.05, 4.69) is 16.2 Å². The molecule has 0 aliphatic rings. The first-order valence-corrected chi connectivity index (χ1v) is 8.45. The summed E-state index contributed by atoms with van der Waals surface area (Å²) in [5.41, 5.74) is 3.53. The Labute approximate surface area is 149 Å². The molecule has 3 aromatic rings. The quantitative estimate of drug-likeness (QED) is 0.677. The number of methoxy groups -OCH3 is 1. The standard InChI is InChI=1S/C19H16N4OS/c1-21-19-23(22-12-15-5-3-14(11-20)4-6-15)18(13-25-19)16-7-9-17(24-2)10-8-16/h3-10,12-13H,1-2H3. The molecule has 0 aliphatic heterocycles. The molecule has 0 unspecified atom stereocenters. The van der Waals surface area contributed by atoms with Gasteiger partial charge >= 0.3 is 0 Å². The van der Waals surface area contributed by atoms with Gasteiger partial charge in [-0.3, -0.25) is 4.99 Å². The molecule has 25 heavy (non-hydrogen) atoms. The molecule has 0 saturated carbocycles. The van der Waals surface area contributed by atoms with Gasteiger partial charge in [0.1, 0.15) is 5.75 Å². The van der Waals surface area contributed by atoms with E-state index in [9.17, 15) is 0 Å². The Morgan fingerprint density at radius 3 is 2.44 bits per heavy atom. The summed E-state index contributed by atoms with van der Waals surface area (Å²) in [6, 6.07) is 17.2. The van der Waals surface area contributed by atoms with E-state index < -0.39 is 0 Å². The van der Waals surface area contributed by atoms with Crippen molar-refractivity contribution < 1.29 is 4.74 Å². The zero-order valence-electron chi connectivity index (χ0n) is 13.9. The number of nitriles is 1. The molecule has 1 aromatic heterocycles. The van der Waals surface area contributed by atoms with Gasteiger partial charge in [0, 0.05) is 18.0 Å². The lowest BCUT2D eigenvalue weighted by molar-refractivity contribution is 0.415. The van der Waals surface area contributed by atoms with Crippen molar-refractivity contribution in [2.45, 2.75) is 0 Å². The summed E-state index contributed by atoms with van der Waals surface area (Å²) in [5, 5.41) is 15.5. The molecule has 3 rings (SSSR count). The maximum Gasteiger partial charge on any atom is 0.205 e. The minimum atomic E-state index is 0.628. The lowest BCUT2D eigenvalue weighted by Crippen LogP contribution is -2.11. The Bertz CT molecular complexity index is 990. The van der Waals surface area contributed by atoms with Crippen molar-refractivity contribution in [3.8, 4) is 23.1 Å². The highest BCUT2D eigenvalue weighted by Crippen LogP contribution is 2.23. The van der Waals surface area contributed by atoms with Crippen LogP contribution in [0.15, 0.2) is 64.0 Å². The Balaban J connectivity index is 1.98. The number of hydrogen-bond acceptors (Lipinski definition) is 5. The van der Waals surface area contributed by atoms with E-state index in [1.54, 1.807) is 32.5 Å². The molecular formula is C19H16N4OS. The van der Waals surface area contributed by atoms with E-state index in [1.807, 2.05) is 46.5 Å². The van der Waals surface area contributed by atoms with Gasteiger partial charge in [-0.25, -0.2) is 4.68 Å². The number of thiazole rings is 1. The summed E-state index contributed by atoms with van der Waals surface area (Å²) >= 11 is 1.53. The second-order valence-electron chi connectivity index (χ2n) is 5.15. The van der Waals surface area contributed by atoms with E-state index in [4.69, 9.17) is 10.00 Å². The van der Waals surface area contributed by atoms with Crippen LogP contribution in [0.2, 0.25) is 0 Å². The second-order valence-corrected chi connectivity index (χ2v) is 5.98. The normalized spacial score (nSPS) is 11.6. The first-order valence-electron chi connectivity index (χ1n) is 7.57. The average Bonchev–Trinajstić information content (AvgIpc) is 3.09. The van der Waals surface area contributed by atoms with Crippen molar-refractivity contribution in [1.82, 2.24) is 4.68 Å². The molecule has 0 N–H and O–H groups in total. The molecule has 0 atom stereocenters. The third-order valence-corrected chi connectivity index (χ3v) is 4.53. The van der Waals surface area contributed by atoms with Gasteiger partial charge in [0.05, 0.1) is 30.7 Å². The molecule has 5 nitrogen and oxygen atoms in total. The van der Waals surface area contributed by atoms with Crippen molar-refractivity contribution in [1.29, 1.82) is 5.26 Å². The van der Waals surface area contributed by atoms with Crippen LogP contribution < -0.4 is 9.54 Å². The summed E-state index contributed by atoms with van der Waals surface area (Å²) < 4.78 is 7.02. The first kappa shape index (κ1) is 16.7. The Kier molecular flexibility index (Phi) is 5.07. The maximum absolute atomic E-state index is 8.87. The fourth-order valence-corrected chi connectivity index (χ4v) is 3.09. The molecule has 0 bridgehead atoms. The van der Waals surface area contributed by atoms with Gasteiger partial charge in [-0.05, 0) is 42.0 Å². The molecule has 0 fully saturated rings. The number of aromatic nitrogens is 1. The zero-order valence-corrected chi connectivity index (χ0v) is 14.7. The number of nitrogens with zero attached hydrogens (tertiary/aromatic N) is 4. The van der Waals surface area contributed by atoms with E-state index in [0.29, 0.717) is 5.56 Å². The highest BCUT2D eigenvalue weighted by Gasteiger charge is 2.07. The van der Waals surface area contributed by atoms with E-state index in [0.717, 1.165) is 27.4 Å². The summed E-state index contributed by atoms with van der Waals surface area (Å²) in [6.45, 7) is 0. The molecule has 0 amide bonds. The fourth-order valence-electron chi connectivity index (χ4n) is 2.29. The number of hydrogen-bond donors (Lipinski definition) is 0. The van der Waals surface area contributed by atoms with Crippen LogP contribution in [-0.2, 0) is 0 Å². The fraction of sp³-hybridized carbons (Fsp3) is 0.105. The van der Waals surface area contributed by atoms with Gasteiger partial charge in [0.15, 0.2) is 0 Å². The summed E-state index contributed by atoms with van der Waals surface area (Å²) in [7, 11) is 3.40. The molecule has 0 radical (unpaired) electrons. The molecule has 1 heterocycles. The van der Waals surface area contributed by atoms with E-state index in [1.165, 1.54) is 11.3 Å². The topological polar surface area (TPSA) is 62.7 Å². The van der Waals surface area contributed by atoms with Crippen LogP contribution in [0.1, 0.15) is 11.1 Å². The smallest absolute Gasteiger partial charge is 0.205 e. The average molecular weight is 348 g/mol. The van der Waals surface area contributed by atoms with Crippen LogP contribution in [0.4, 0.5) is 0 Å². The zero-order chi connectivity index (χ0) is 17.6. The van der Waals surface area contributed by atoms with E-state index >= 15 is 0 Å². The van der Waals surface area contributed by atoms with Gasteiger partial charge in [-0.2, -0.15) is 10.4 Å². The molecule has 0 spiro atoms. The third kappa shape index (κ3) is 3.67. The molecule has 6 heteroatoms. The van der Waals surface area contributed by atoms with Crippen molar-refractivity contribution in [2.24, 2.45) is 10.1 Å². The van der Waals surface area contributed by atoms with Crippen molar-refractivity contribution >= 4 is 17.6 Å². The number of benzene rings is 2. The summed E-state index contributed by atoms with van der Waals surface area (Å²) in [4.78, 5) is 5.09. The molecule has 0 aliphatic carbocycles.